The first kappa shape index (κ1) is 22.7. The number of H-pyrrole nitrogens is 1. The molecule has 0 aliphatic rings. The first-order valence-electron chi connectivity index (χ1n) is 10.5. The predicted octanol–water partition coefficient (Wildman–Crippen LogP) is 2.17. The van der Waals surface area contributed by atoms with Gasteiger partial charge in [-0.3, -0.25) is 28.8 Å². The molecule has 11 nitrogen and oxygen atoms in total. The quantitative estimate of drug-likeness (QED) is 0.336. The number of pyridine rings is 1. The number of nitrogens with zero attached hydrogens (tertiary/aromatic N) is 6. The highest BCUT2D eigenvalue weighted by Crippen LogP contribution is 2.24. The summed E-state index contributed by atoms with van der Waals surface area (Å²) in [4.78, 5) is 34.2. The highest BCUT2D eigenvalue weighted by Gasteiger charge is 2.20. The van der Waals surface area contributed by atoms with E-state index in [1.54, 1.807) is 17.9 Å². The predicted molar refractivity (Wildman–Crippen MR) is 124 cm³/mol. The molecule has 0 bridgehead atoms. The largest absolute Gasteiger partial charge is 0.396 e. The fourth-order valence-corrected chi connectivity index (χ4v) is 3.99. The summed E-state index contributed by atoms with van der Waals surface area (Å²) < 4.78 is 4.93. The number of aryl methyl sites for hydroxylation is 2. The van der Waals surface area contributed by atoms with E-state index in [0.717, 1.165) is 12.1 Å². The summed E-state index contributed by atoms with van der Waals surface area (Å²) in [6.07, 6.45) is 4.69. The summed E-state index contributed by atoms with van der Waals surface area (Å²) in [5.41, 5.74) is 2.02. The van der Waals surface area contributed by atoms with Crippen molar-refractivity contribution in [1.82, 2.24) is 34.1 Å². The lowest BCUT2D eigenvalue weighted by Gasteiger charge is -2.15. The molecule has 0 aliphatic carbocycles. The van der Waals surface area contributed by atoms with Gasteiger partial charge in [0.2, 0.25) is 5.95 Å². The highest BCUT2D eigenvalue weighted by atomic mass is 35.5. The van der Waals surface area contributed by atoms with Crippen LogP contribution in [-0.4, -0.2) is 51.7 Å². The summed E-state index contributed by atoms with van der Waals surface area (Å²) in [6.45, 7) is 2.80. The van der Waals surface area contributed by atoms with Crippen molar-refractivity contribution < 1.29 is 9.90 Å². The minimum atomic E-state index is -0.430. The maximum absolute atomic E-state index is 13.1. The number of fused-ring (bicyclic) bond motifs is 1. The van der Waals surface area contributed by atoms with E-state index in [-0.39, 0.29) is 28.8 Å². The Morgan fingerprint density at radius 2 is 2.09 bits per heavy atom. The second kappa shape index (κ2) is 9.20. The first-order chi connectivity index (χ1) is 15.8. The van der Waals surface area contributed by atoms with E-state index >= 15 is 0 Å². The molecule has 0 saturated heterocycles. The Morgan fingerprint density at radius 1 is 1.30 bits per heavy atom. The van der Waals surface area contributed by atoms with Crippen molar-refractivity contribution in [1.29, 1.82) is 0 Å². The molecule has 4 aromatic rings. The van der Waals surface area contributed by atoms with Gasteiger partial charge in [0.1, 0.15) is 10.7 Å². The SMILES string of the molecule is C[C@H](CCCO)Cn1c(NC(=O)c2cc(Cl)nc(-c3c[nH]n(C)c3=O)c2)nc2cnn(C)c21. The second-order valence-electron chi connectivity index (χ2n) is 8.06. The molecule has 0 radical (unpaired) electrons. The number of carbonyl (C=O) groups excluding carboxylic acids is 1. The normalized spacial score (nSPS) is 12.4. The zero-order chi connectivity index (χ0) is 23.7. The third kappa shape index (κ3) is 4.55. The van der Waals surface area contributed by atoms with E-state index in [0.29, 0.717) is 35.7 Å². The molecule has 1 atom stereocenters. The molecular weight excluding hydrogens is 448 g/mol. The van der Waals surface area contributed by atoms with Gasteiger partial charge in [0.05, 0.1) is 17.5 Å². The van der Waals surface area contributed by atoms with Gasteiger partial charge in [0.15, 0.2) is 5.65 Å². The Hall–Kier alpha value is -3.44. The number of hydrogen-bond donors (Lipinski definition) is 3. The van der Waals surface area contributed by atoms with E-state index in [1.165, 1.54) is 23.0 Å². The zero-order valence-corrected chi connectivity index (χ0v) is 19.3. The van der Waals surface area contributed by atoms with Gasteiger partial charge in [-0.1, -0.05) is 18.5 Å². The molecule has 0 spiro atoms. The fraction of sp³-hybridized carbons (Fsp3) is 0.381. The molecule has 0 aliphatic heterocycles. The Bertz CT molecular complexity index is 1370. The van der Waals surface area contributed by atoms with Gasteiger partial charge in [-0.25, -0.2) is 9.97 Å². The topological polar surface area (TPSA) is 136 Å². The molecule has 4 heterocycles. The molecule has 0 fully saturated rings. The summed E-state index contributed by atoms with van der Waals surface area (Å²) in [5, 5.41) is 19.1. The summed E-state index contributed by atoms with van der Waals surface area (Å²) in [5.74, 6) is 0.193. The highest BCUT2D eigenvalue weighted by molar-refractivity contribution is 6.30. The van der Waals surface area contributed by atoms with Crippen LogP contribution in [0.5, 0.6) is 0 Å². The van der Waals surface area contributed by atoms with Crippen LogP contribution in [0.15, 0.2) is 29.3 Å². The van der Waals surface area contributed by atoms with Crippen LogP contribution in [-0.2, 0) is 20.6 Å². The fourth-order valence-electron chi connectivity index (χ4n) is 3.78. The van der Waals surface area contributed by atoms with Crippen LogP contribution in [0.3, 0.4) is 0 Å². The third-order valence-electron chi connectivity index (χ3n) is 5.47. The minimum Gasteiger partial charge on any atom is -0.396 e. The number of carbonyl (C=O) groups is 1. The van der Waals surface area contributed by atoms with Crippen molar-refractivity contribution in [3.05, 3.63) is 45.6 Å². The number of halogens is 1. The van der Waals surface area contributed by atoms with Crippen LogP contribution in [0, 0.1) is 5.92 Å². The molecule has 0 unspecified atom stereocenters. The van der Waals surface area contributed by atoms with Gasteiger partial charge >= 0.3 is 0 Å². The molecule has 1 amide bonds. The lowest BCUT2D eigenvalue weighted by atomic mass is 10.1. The second-order valence-corrected chi connectivity index (χ2v) is 8.45. The van der Waals surface area contributed by atoms with Crippen molar-refractivity contribution in [2.45, 2.75) is 26.3 Å². The van der Waals surface area contributed by atoms with Crippen molar-refractivity contribution in [3.8, 4) is 11.3 Å². The van der Waals surface area contributed by atoms with Crippen LogP contribution >= 0.6 is 11.6 Å². The van der Waals surface area contributed by atoms with Gasteiger partial charge < -0.3 is 10.2 Å². The van der Waals surface area contributed by atoms with Crippen molar-refractivity contribution in [2.24, 2.45) is 20.0 Å². The van der Waals surface area contributed by atoms with Crippen LogP contribution in [0.25, 0.3) is 22.4 Å². The van der Waals surface area contributed by atoms with Gasteiger partial charge in [0, 0.05) is 39.0 Å². The number of imidazole rings is 1. The van der Waals surface area contributed by atoms with Crippen molar-refractivity contribution in [3.63, 3.8) is 0 Å². The number of rotatable bonds is 8. The lowest BCUT2D eigenvalue weighted by molar-refractivity contribution is 0.102. The van der Waals surface area contributed by atoms with Gasteiger partial charge in [-0.05, 0) is 30.9 Å². The van der Waals surface area contributed by atoms with Crippen LogP contribution in [0.4, 0.5) is 5.95 Å². The molecule has 12 heteroatoms. The monoisotopic (exact) mass is 472 g/mol. The Morgan fingerprint density at radius 3 is 2.79 bits per heavy atom. The Balaban J connectivity index is 1.66. The van der Waals surface area contributed by atoms with Gasteiger partial charge in [0.25, 0.3) is 11.5 Å². The summed E-state index contributed by atoms with van der Waals surface area (Å²) in [7, 11) is 3.40. The van der Waals surface area contributed by atoms with E-state index < -0.39 is 5.91 Å². The van der Waals surface area contributed by atoms with Crippen molar-refractivity contribution >= 4 is 34.6 Å². The van der Waals surface area contributed by atoms with Crippen LogP contribution < -0.4 is 10.9 Å². The molecule has 33 heavy (non-hydrogen) atoms. The smallest absolute Gasteiger partial charge is 0.275 e. The maximum Gasteiger partial charge on any atom is 0.275 e. The number of anilines is 1. The van der Waals surface area contributed by atoms with Gasteiger partial charge in [-0.2, -0.15) is 5.10 Å². The standard InChI is InChI=1S/C21H25ClN8O3/c1-12(5-4-6-31)11-30-19-16(10-24-28(19)2)26-21(30)27-18(32)13-7-15(25-17(22)8-13)14-9-23-29(3)20(14)33/h7-10,12,23,31H,4-6,11H2,1-3H3,(H,26,27,32)/t12-/m1/s1. The van der Waals surface area contributed by atoms with E-state index in [1.807, 2.05) is 11.6 Å². The minimum absolute atomic E-state index is 0.0937. The van der Waals surface area contributed by atoms with Crippen molar-refractivity contribution in [2.75, 3.05) is 11.9 Å². The number of aliphatic hydroxyl groups is 1. The average molecular weight is 473 g/mol. The Labute approximate surface area is 194 Å². The molecule has 0 saturated carbocycles. The van der Waals surface area contributed by atoms with E-state index in [2.05, 4.69) is 32.4 Å². The number of amides is 1. The van der Waals surface area contributed by atoms with Gasteiger partial charge in [-0.15, -0.1) is 0 Å². The number of aromatic nitrogens is 7. The molecule has 4 aromatic heterocycles. The number of hydrogen-bond acceptors (Lipinski definition) is 6. The summed E-state index contributed by atoms with van der Waals surface area (Å²) in [6, 6.07) is 2.96. The van der Waals surface area contributed by atoms with E-state index in [4.69, 9.17) is 16.7 Å². The lowest BCUT2D eigenvalue weighted by Crippen LogP contribution is -2.19. The summed E-state index contributed by atoms with van der Waals surface area (Å²) >= 11 is 6.16. The maximum atomic E-state index is 13.1. The average Bonchev–Trinajstić information content (AvgIpc) is 3.42. The third-order valence-corrected chi connectivity index (χ3v) is 5.66. The number of aromatic amines is 1. The van der Waals surface area contributed by atoms with E-state index in [9.17, 15) is 9.59 Å². The van der Waals surface area contributed by atoms with Crippen LogP contribution in [0.2, 0.25) is 5.15 Å². The molecular formula is C21H25ClN8O3. The number of nitrogens with one attached hydrogen (secondary N) is 2. The molecule has 174 valence electrons. The molecule has 0 aromatic carbocycles. The van der Waals surface area contributed by atoms with Crippen LogP contribution in [0.1, 0.15) is 30.1 Å². The molecule has 3 N–H and O–H groups in total. The first-order valence-corrected chi connectivity index (χ1v) is 10.9. The zero-order valence-electron chi connectivity index (χ0n) is 18.5. The Kier molecular flexibility index (Phi) is 6.34. The number of aliphatic hydroxyl groups excluding tert-OH is 1. The molecule has 4 rings (SSSR count).